The SMILES string of the molecule is Cc1ccccc1C(=O)Nc1c(C)csc1C(=O)O. The van der Waals surface area contributed by atoms with Gasteiger partial charge in [0.1, 0.15) is 4.88 Å². The van der Waals surface area contributed by atoms with Gasteiger partial charge in [-0.2, -0.15) is 0 Å². The fourth-order valence-electron chi connectivity index (χ4n) is 1.77. The van der Waals surface area contributed by atoms with Gasteiger partial charge in [-0.05, 0) is 36.4 Å². The maximum Gasteiger partial charge on any atom is 0.348 e. The standard InChI is InChI=1S/C14H13NO3S/c1-8-5-3-4-6-10(8)13(16)15-11-9(2)7-19-12(11)14(17)18/h3-7H,1-2H3,(H,15,16)(H,17,18). The van der Waals surface area contributed by atoms with Crippen LogP contribution >= 0.6 is 11.3 Å². The second-order valence-electron chi connectivity index (χ2n) is 4.20. The molecular formula is C14H13NO3S. The molecule has 0 bridgehead atoms. The Labute approximate surface area is 114 Å². The van der Waals surface area contributed by atoms with Crippen LogP contribution in [0.2, 0.25) is 0 Å². The Morgan fingerprint density at radius 2 is 1.84 bits per heavy atom. The first-order valence-electron chi connectivity index (χ1n) is 5.69. The van der Waals surface area contributed by atoms with Gasteiger partial charge in [-0.1, -0.05) is 18.2 Å². The molecule has 5 heteroatoms. The predicted octanol–water partition coefficient (Wildman–Crippen LogP) is 3.32. The fourth-order valence-corrected chi connectivity index (χ4v) is 2.61. The van der Waals surface area contributed by atoms with Gasteiger partial charge in [0, 0.05) is 5.56 Å². The molecule has 0 fully saturated rings. The van der Waals surface area contributed by atoms with Crippen molar-refractivity contribution in [3.8, 4) is 0 Å². The summed E-state index contributed by atoms with van der Waals surface area (Å²) in [7, 11) is 0. The third kappa shape index (κ3) is 2.66. The molecule has 2 N–H and O–H groups in total. The molecule has 0 aliphatic carbocycles. The number of carboxylic acids is 1. The Bertz CT molecular complexity index is 646. The summed E-state index contributed by atoms with van der Waals surface area (Å²) in [5.74, 6) is -1.32. The third-order valence-corrected chi connectivity index (χ3v) is 3.88. The van der Waals surface area contributed by atoms with Crippen molar-refractivity contribution in [2.45, 2.75) is 13.8 Å². The zero-order chi connectivity index (χ0) is 14.0. The van der Waals surface area contributed by atoms with E-state index < -0.39 is 5.97 Å². The van der Waals surface area contributed by atoms with Crippen LogP contribution in [0.3, 0.4) is 0 Å². The van der Waals surface area contributed by atoms with E-state index in [-0.39, 0.29) is 10.8 Å². The Balaban J connectivity index is 2.32. The molecule has 1 heterocycles. The van der Waals surface area contributed by atoms with Crippen LogP contribution in [0.1, 0.15) is 31.2 Å². The van der Waals surface area contributed by atoms with Crippen LogP contribution in [0, 0.1) is 13.8 Å². The average molecular weight is 275 g/mol. The van der Waals surface area contributed by atoms with Gasteiger partial charge >= 0.3 is 5.97 Å². The van der Waals surface area contributed by atoms with Crippen molar-refractivity contribution in [3.05, 3.63) is 51.2 Å². The van der Waals surface area contributed by atoms with Crippen molar-refractivity contribution >= 4 is 28.9 Å². The molecule has 0 saturated carbocycles. The first-order valence-corrected chi connectivity index (χ1v) is 6.57. The summed E-state index contributed by atoms with van der Waals surface area (Å²) < 4.78 is 0. The maximum atomic E-state index is 12.2. The lowest BCUT2D eigenvalue weighted by Gasteiger charge is -2.08. The number of rotatable bonds is 3. The number of benzene rings is 1. The molecule has 0 radical (unpaired) electrons. The smallest absolute Gasteiger partial charge is 0.348 e. The van der Waals surface area contributed by atoms with Gasteiger partial charge in [0.05, 0.1) is 5.69 Å². The number of hydrogen-bond donors (Lipinski definition) is 2. The van der Waals surface area contributed by atoms with E-state index in [0.717, 1.165) is 22.5 Å². The number of carboxylic acid groups (broad SMARTS) is 1. The molecule has 98 valence electrons. The zero-order valence-electron chi connectivity index (χ0n) is 10.6. The molecule has 0 saturated heterocycles. The number of hydrogen-bond acceptors (Lipinski definition) is 3. The molecule has 0 aliphatic heterocycles. The highest BCUT2D eigenvalue weighted by atomic mass is 32.1. The van der Waals surface area contributed by atoms with Crippen LogP contribution in [-0.2, 0) is 0 Å². The normalized spacial score (nSPS) is 10.2. The van der Waals surface area contributed by atoms with Gasteiger partial charge in [0.2, 0.25) is 0 Å². The number of carbonyl (C=O) groups is 2. The van der Waals surface area contributed by atoms with Crippen molar-refractivity contribution < 1.29 is 14.7 Å². The van der Waals surface area contributed by atoms with E-state index in [9.17, 15) is 9.59 Å². The van der Waals surface area contributed by atoms with Crippen LogP contribution < -0.4 is 5.32 Å². The third-order valence-electron chi connectivity index (χ3n) is 2.80. The molecule has 2 rings (SSSR count). The minimum Gasteiger partial charge on any atom is -0.477 e. The second kappa shape index (κ2) is 5.24. The number of carbonyl (C=O) groups excluding carboxylic acids is 1. The Hall–Kier alpha value is -2.14. The van der Waals surface area contributed by atoms with Crippen LogP contribution in [0.15, 0.2) is 29.6 Å². The van der Waals surface area contributed by atoms with Crippen LogP contribution in [0.4, 0.5) is 5.69 Å². The fraction of sp³-hybridized carbons (Fsp3) is 0.143. The summed E-state index contributed by atoms with van der Waals surface area (Å²) in [6.07, 6.45) is 0. The number of amides is 1. The molecule has 1 aromatic heterocycles. The van der Waals surface area contributed by atoms with E-state index in [2.05, 4.69) is 5.32 Å². The minimum absolute atomic E-state index is 0.152. The molecule has 0 atom stereocenters. The first kappa shape index (κ1) is 13.3. The van der Waals surface area contributed by atoms with Crippen molar-refractivity contribution in [1.82, 2.24) is 0 Å². The summed E-state index contributed by atoms with van der Waals surface area (Å²) in [6, 6.07) is 7.19. The molecule has 1 aromatic carbocycles. The Morgan fingerprint density at radius 1 is 1.16 bits per heavy atom. The highest BCUT2D eigenvalue weighted by Gasteiger charge is 2.18. The summed E-state index contributed by atoms with van der Waals surface area (Å²) >= 11 is 1.11. The van der Waals surface area contributed by atoms with E-state index >= 15 is 0 Å². The van der Waals surface area contributed by atoms with Gasteiger partial charge < -0.3 is 10.4 Å². The monoisotopic (exact) mass is 275 g/mol. The molecule has 1 amide bonds. The summed E-state index contributed by atoms with van der Waals surface area (Å²) in [5.41, 5.74) is 2.53. The van der Waals surface area contributed by atoms with Crippen molar-refractivity contribution in [3.63, 3.8) is 0 Å². The van der Waals surface area contributed by atoms with Crippen LogP contribution in [-0.4, -0.2) is 17.0 Å². The topological polar surface area (TPSA) is 66.4 Å². The molecule has 2 aromatic rings. The van der Waals surface area contributed by atoms with E-state index in [1.165, 1.54) is 0 Å². The summed E-state index contributed by atoms with van der Waals surface area (Å²) in [5, 5.41) is 13.5. The highest BCUT2D eigenvalue weighted by molar-refractivity contribution is 7.12. The number of aromatic carboxylic acids is 1. The van der Waals surface area contributed by atoms with E-state index in [4.69, 9.17) is 5.11 Å². The molecule has 0 unspecified atom stereocenters. The van der Waals surface area contributed by atoms with Gasteiger partial charge in [0.25, 0.3) is 5.91 Å². The van der Waals surface area contributed by atoms with Crippen LogP contribution in [0.5, 0.6) is 0 Å². The minimum atomic E-state index is -1.03. The van der Waals surface area contributed by atoms with Crippen molar-refractivity contribution in [2.24, 2.45) is 0 Å². The van der Waals surface area contributed by atoms with Crippen LogP contribution in [0.25, 0.3) is 0 Å². The summed E-state index contributed by atoms with van der Waals surface area (Å²) in [6.45, 7) is 3.61. The predicted molar refractivity (Wildman–Crippen MR) is 75.1 cm³/mol. The number of anilines is 1. The molecule has 0 spiro atoms. The lowest BCUT2D eigenvalue weighted by molar-refractivity contribution is 0.0703. The number of nitrogens with one attached hydrogen (secondary N) is 1. The van der Waals surface area contributed by atoms with E-state index in [0.29, 0.717) is 11.3 Å². The van der Waals surface area contributed by atoms with Gasteiger partial charge in [-0.3, -0.25) is 4.79 Å². The molecule has 0 aliphatic rings. The number of thiophene rings is 1. The highest BCUT2D eigenvalue weighted by Crippen LogP contribution is 2.28. The van der Waals surface area contributed by atoms with Crippen molar-refractivity contribution in [1.29, 1.82) is 0 Å². The Morgan fingerprint density at radius 3 is 2.47 bits per heavy atom. The molecular weight excluding hydrogens is 262 g/mol. The quantitative estimate of drug-likeness (QED) is 0.903. The lowest BCUT2D eigenvalue weighted by atomic mass is 10.1. The van der Waals surface area contributed by atoms with Gasteiger partial charge in [-0.25, -0.2) is 4.79 Å². The second-order valence-corrected chi connectivity index (χ2v) is 5.08. The average Bonchev–Trinajstić information content (AvgIpc) is 2.71. The molecule has 4 nitrogen and oxygen atoms in total. The Kier molecular flexibility index (Phi) is 3.66. The van der Waals surface area contributed by atoms with Gasteiger partial charge in [-0.15, -0.1) is 11.3 Å². The summed E-state index contributed by atoms with van der Waals surface area (Å²) in [4.78, 5) is 23.4. The molecule has 19 heavy (non-hydrogen) atoms. The first-order chi connectivity index (χ1) is 9.00. The number of aryl methyl sites for hydroxylation is 2. The lowest BCUT2D eigenvalue weighted by Crippen LogP contribution is -2.15. The van der Waals surface area contributed by atoms with Crippen molar-refractivity contribution in [2.75, 3.05) is 5.32 Å². The zero-order valence-corrected chi connectivity index (χ0v) is 11.4. The maximum absolute atomic E-state index is 12.2. The van der Waals surface area contributed by atoms with Gasteiger partial charge in [0.15, 0.2) is 0 Å². The van der Waals surface area contributed by atoms with E-state index in [1.807, 2.05) is 19.1 Å². The van der Waals surface area contributed by atoms with E-state index in [1.54, 1.807) is 24.4 Å². The largest absolute Gasteiger partial charge is 0.477 e.